The van der Waals surface area contributed by atoms with Gasteiger partial charge in [-0.3, -0.25) is 14.5 Å². The van der Waals surface area contributed by atoms with Crippen LogP contribution in [0.4, 0.5) is 36.4 Å². The molecule has 0 atom stereocenters. The highest BCUT2D eigenvalue weighted by atomic mass is 19.4. The second kappa shape index (κ2) is 12.3. The van der Waals surface area contributed by atoms with E-state index in [1.165, 1.54) is 12.1 Å². The van der Waals surface area contributed by atoms with E-state index in [9.17, 15) is 45.4 Å². The van der Waals surface area contributed by atoms with Gasteiger partial charge in [0.15, 0.2) is 0 Å². The number of anilines is 1. The number of aliphatic carboxylic acids is 1. The summed E-state index contributed by atoms with van der Waals surface area (Å²) in [6, 6.07) is 4.69. The largest absolute Gasteiger partial charge is 0.481 e. The van der Waals surface area contributed by atoms with Crippen LogP contribution in [0.3, 0.4) is 0 Å². The third-order valence-corrected chi connectivity index (χ3v) is 8.97. The van der Waals surface area contributed by atoms with Crippen molar-refractivity contribution in [2.45, 2.75) is 94.7 Å². The lowest BCUT2D eigenvalue weighted by Crippen LogP contribution is -2.46. The molecule has 0 amide bonds. The molecule has 2 heterocycles. The summed E-state index contributed by atoms with van der Waals surface area (Å²) in [5, 5.41) is 9.31. The van der Waals surface area contributed by atoms with Crippen LogP contribution in [0.25, 0.3) is 0 Å². The van der Waals surface area contributed by atoms with Gasteiger partial charge in [-0.05, 0) is 87.9 Å². The monoisotopic (exact) mass is 596 g/mol. The lowest BCUT2D eigenvalue weighted by molar-refractivity contribution is -0.313. The maximum atomic E-state index is 14.2. The minimum Gasteiger partial charge on any atom is -0.481 e. The number of carbonyl (C=O) groups excluding carboxylic acids is 1. The molecule has 13 heteroatoms. The van der Waals surface area contributed by atoms with Gasteiger partial charge in [-0.2, -0.15) is 26.3 Å². The van der Waals surface area contributed by atoms with Crippen LogP contribution >= 0.6 is 0 Å². The van der Waals surface area contributed by atoms with Crippen LogP contribution < -0.4 is 4.90 Å². The van der Waals surface area contributed by atoms with Gasteiger partial charge in [0.25, 0.3) is 6.10 Å². The van der Waals surface area contributed by atoms with Crippen molar-refractivity contribution in [1.82, 2.24) is 4.90 Å². The van der Waals surface area contributed by atoms with Gasteiger partial charge in [0.05, 0.1) is 5.92 Å². The molecule has 4 rings (SSSR count). The highest BCUT2D eigenvalue weighted by Crippen LogP contribution is 2.46. The number of ether oxygens (including phenoxy) is 1. The molecule has 0 radical (unpaired) electrons. The molecular weight excluding hydrogens is 561 g/mol. The number of carboxylic acids is 1. The summed E-state index contributed by atoms with van der Waals surface area (Å²) >= 11 is 0. The predicted molar refractivity (Wildman–Crippen MR) is 135 cm³/mol. The van der Waals surface area contributed by atoms with Gasteiger partial charge in [-0.15, -0.1) is 0 Å². The topological polar surface area (TPSA) is 70.1 Å². The number of nitrogens with zero attached hydrogens (tertiary/aromatic N) is 2. The van der Waals surface area contributed by atoms with E-state index in [-0.39, 0.29) is 23.7 Å². The van der Waals surface area contributed by atoms with E-state index in [1.54, 1.807) is 6.07 Å². The smallest absolute Gasteiger partial charge is 0.434 e. The Labute approximate surface area is 233 Å². The molecule has 1 aromatic carbocycles. The first-order valence-electron chi connectivity index (χ1n) is 14.0. The summed E-state index contributed by atoms with van der Waals surface area (Å²) in [4.78, 5) is 27.6. The highest BCUT2D eigenvalue weighted by molar-refractivity contribution is 5.70. The summed E-state index contributed by atoms with van der Waals surface area (Å²) in [7, 11) is 0. The number of piperidine rings is 1. The number of carboxylic acid groups (broad SMARTS) is 1. The Balaban J connectivity index is 1.33. The van der Waals surface area contributed by atoms with Gasteiger partial charge in [0.2, 0.25) is 0 Å². The normalized spacial score (nSPS) is 24.8. The quantitative estimate of drug-likeness (QED) is 0.274. The second-order valence-corrected chi connectivity index (χ2v) is 11.6. The van der Waals surface area contributed by atoms with Crippen LogP contribution in [-0.4, -0.2) is 65.6 Å². The van der Waals surface area contributed by atoms with E-state index < -0.39 is 42.7 Å². The van der Waals surface area contributed by atoms with Crippen LogP contribution in [0, 0.1) is 17.7 Å². The Morgan fingerprint density at radius 1 is 0.976 bits per heavy atom. The summed E-state index contributed by atoms with van der Waals surface area (Å²) in [5.41, 5.74) is 1.60. The van der Waals surface area contributed by atoms with Gasteiger partial charge >= 0.3 is 24.3 Å². The number of benzene rings is 1. The Morgan fingerprint density at radius 3 is 2.20 bits per heavy atom. The number of halogens is 7. The average Bonchev–Trinajstić information content (AvgIpc) is 3.28. The summed E-state index contributed by atoms with van der Waals surface area (Å²) in [5.74, 6) is -3.11. The highest BCUT2D eigenvalue weighted by Gasteiger charge is 2.59. The molecule has 230 valence electrons. The first kappa shape index (κ1) is 31.4. The van der Waals surface area contributed by atoms with Gasteiger partial charge in [0.1, 0.15) is 5.82 Å². The van der Waals surface area contributed by atoms with Crippen LogP contribution in [0.15, 0.2) is 18.2 Å². The van der Waals surface area contributed by atoms with Crippen molar-refractivity contribution >= 4 is 17.6 Å². The summed E-state index contributed by atoms with van der Waals surface area (Å²) in [6.07, 6.45) is -10.1. The first-order chi connectivity index (χ1) is 19.2. The fourth-order valence-corrected chi connectivity index (χ4v) is 6.68. The standard InChI is InChI=1S/C28H35F7N2O4/c29-21-4-3-20(22(16-21)36-14-8-19(9-15-36)24(39)40)17-37-13-1-10-26(37)11-6-18(7-12-26)2-5-23(38)41-25(27(30,31)32)28(33,34)35/h3-4,16,18-19,25H,1-2,5-15,17H2,(H,39,40). The fourth-order valence-electron chi connectivity index (χ4n) is 6.68. The van der Waals surface area contributed by atoms with E-state index in [0.29, 0.717) is 45.3 Å². The minimum absolute atomic E-state index is 0.0113. The predicted octanol–water partition coefficient (Wildman–Crippen LogP) is 6.47. The van der Waals surface area contributed by atoms with Crippen LogP contribution in [0.2, 0.25) is 0 Å². The third-order valence-electron chi connectivity index (χ3n) is 8.97. The summed E-state index contributed by atoms with van der Waals surface area (Å²) < 4.78 is 94.1. The minimum atomic E-state index is -5.73. The fraction of sp³-hybridized carbons (Fsp3) is 0.714. The van der Waals surface area contributed by atoms with Crippen molar-refractivity contribution in [2.24, 2.45) is 11.8 Å². The number of hydrogen-bond acceptors (Lipinski definition) is 5. The molecule has 2 aliphatic heterocycles. The number of rotatable bonds is 8. The Bertz CT molecular complexity index is 1060. The zero-order valence-corrected chi connectivity index (χ0v) is 22.6. The zero-order chi connectivity index (χ0) is 30.0. The van der Waals surface area contributed by atoms with E-state index in [0.717, 1.165) is 43.5 Å². The molecule has 41 heavy (non-hydrogen) atoms. The third kappa shape index (κ3) is 7.64. The molecule has 1 spiro atoms. The molecule has 3 fully saturated rings. The van der Waals surface area contributed by atoms with Crippen molar-refractivity contribution < 1.29 is 50.2 Å². The van der Waals surface area contributed by atoms with Crippen molar-refractivity contribution in [1.29, 1.82) is 0 Å². The molecule has 0 unspecified atom stereocenters. The van der Waals surface area contributed by atoms with Crippen molar-refractivity contribution in [3.63, 3.8) is 0 Å². The van der Waals surface area contributed by atoms with Crippen molar-refractivity contribution in [3.05, 3.63) is 29.6 Å². The van der Waals surface area contributed by atoms with Crippen LogP contribution in [0.5, 0.6) is 0 Å². The maximum absolute atomic E-state index is 14.2. The summed E-state index contributed by atoms with van der Waals surface area (Å²) in [6.45, 7) is 2.47. The lowest BCUT2D eigenvalue weighted by Gasteiger charge is -2.44. The number of esters is 1. The molecule has 1 saturated carbocycles. The van der Waals surface area contributed by atoms with E-state index in [1.807, 2.05) is 4.90 Å². The molecule has 3 aliphatic rings. The Hall–Kier alpha value is -2.57. The maximum Gasteiger partial charge on any atom is 0.434 e. The second-order valence-electron chi connectivity index (χ2n) is 11.6. The molecular formula is C28H35F7N2O4. The van der Waals surface area contributed by atoms with Crippen molar-refractivity contribution in [3.8, 4) is 0 Å². The molecule has 1 aliphatic carbocycles. The Kier molecular flexibility index (Phi) is 9.45. The van der Waals surface area contributed by atoms with Gasteiger partial charge < -0.3 is 14.7 Å². The molecule has 1 N–H and O–H groups in total. The van der Waals surface area contributed by atoms with Gasteiger partial charge in [-0.25, -0.2) is 4.39 Å². The van der Waals surface area contributed by atoms with E-state index in [2.05, 4.69) is 9.64 Å². The van der Waals surface area contributed by atoms with Gasteiger partial charge in [-0.1, -0.05) is 6.07 Å². The molecule has 6 nitrogen and oxygen atoms in total. The lowest BCUT2D eigenvalue weighted by atomic mass is 9.73. The molecule has 0 bridgehead atoms. The first-order valence-corrected chi connectivity index (χ1v) is 14.0. The SMILES string of the molecule is O=C(CCC1CCC2(CCCN2Cc2ccc(F)cc2N2CCC(C(=O)O)CC2)CC1)OC(C(F)(F)F)C(F)(F)F. The average molecular weight is 597 g/mol. The van der Waals surface area contributed by atoms with Crippen LogP contribution in [0.1, 0.15) is 69.8 Å². The zero-order valence-electron chi connectivity index (χ0n) is 22.6. The number of hydrogen-bond donors (Lipinski definition) is 1. The van der Waals surface area contributed by atoms with Crippen LogP contribution in [-0.2, 0) is 20.9 Å². The van der Waals surface area contributed by atoms with Crippen molar-refractivity contribution in [2.75, 3.05) is 24.5 Å². The molecule has 0 aromatic heterocycles. The van der Waals surface area contributed by atoms with E-state index >= 15 is 0 Å². The van der Waals surface area contributed by atoms with E-state index in [4.69, 9.17) is 0 Å². The van der Waals surface area contributed by atoms with Gasteiger partial charge in [0, 0.05) is 37.3 Å². The number of likely N-dealkylation sites (tertiary alicyclic amines) is 1. The number of carbonyl (C=O) groups is 2. The Morgan fingerprint density at radius 2 is 1.61 bits per heavy atom. The number of alkyl halides is 6. The molecule has 2 saturated heterocycles. The molecule has 1 aromatic rings.